The number of aliphatic carboxylic acids is 1. The summed E-state index contributed by atoms with van der Waals surface area (Å²) < 4.78 is 0. The minimum Gasteiger partial charge on any atom is -0.480 e. The third kappa shape index (κ3) is 3.17. The highest BCUT2D eigenvalue weighted by Crippen LogP contribution is 2.24. The van der Waals surface area contributed by atoms with Gasteiger partial charge in [0.2, 0.25) is 5.91 Å². The number of rotatable bonds is 4. The standard InChI is InChI=1S/C15H20N2O3/c1-16(2)8-7-14(18)17-10-12-6-4-3-5-11(12)9-13(17)15(19)20/h3-6,13H,7-10H2,1-2H3,(H,19,20)/t13-/m1/s1. The van der Waals surface area contributed by atoms with Crippen molar-refractivity contribution < 1.29 is 14.7 Å². The maximum absolute atomic E-state index is 12.3. The number of nitrogens with zero attached hydrogens (tertiary/aromatic N) is 2. The van der Waals surface area contributed by atoms with Gasteiger partial charge in [-0.25, -0.2) is 4.79 Å². The summed E-state index contributed by atoms with van der Waals surface area (Å²) in [5, 5.41) is 9.36. The molecule has 0 aliphatic carbocycles. The lowest BCUT2D eigenvalue weighted by Crippen LogP contribution is -2.49. The normalized spacial score (nSPS) is 17.9. The molecule has 0 saturated heterocycles. The van der Waals surface area contributed by atoms with Gasteiger partial charge in [-0.2, -0.15) is 0 Å². The molecule has 1 atom stereocenters. The van der Waals surface area contributed by atoms with E-state index in [1.54, 1.807) is 0 Å². The third-order valence-electron chi connectivity index (χ3n) is 3.63. The number of fused-ring (bicyclic) bond motifs is 1. The number of carboxylic acid groups (broad SMARTS) is 1. The van der Waals surface area contributed by atoms with E-state index in [1.807, 2.05) is 43.3 Å². The molecule has 20 heavy (non-hydrogen) atoms. The van der Waals surface area contributed by atoms with Crippen molar-refractivity contribution in [2.45, 2.75) is 25.4 Å². The summed E-state index contributed by atoms with van der Waals surface area (Å²) in [5.74, 6) is -1.03. The van der Waals surface area contributed by atoms with Gasteiger partial charge in [0.25, 0.3) is 0 Å². The van der Waals surface area contributed by atoms with Crippen LogP contribution in [0, 0.1) is 0 Å². The zero-order valence-corrected chi connectivity index (χ0v) is 11.9. The SMILES string of the molecule is CN(C)CCC(=O)N1Cc2ccccc2C[C@@H]1C(=O)O. The van der Waals surface area contributed by atoms with Crippen LogP contribution in [0.2, 0.25) is 0 Å². The Bertz CT molecular complexity index is 514. The molecule has 0 radical (unpaired) electrons. The fourth-order valence-electron chi connectivity index (χ4n) is 2.47. The summed E-state index contributed by atoms with van der Waals surface area (Å²) in [7, 11) is 3.79. The van der Waals surface area contributed by atoms with Gasteiger partial charge in [0.05, 0.1) is 0 Å². The average molecular weight is 276 g/mol. The van der Waals surface area contributed by atoms with Gasteiger partial charge < -0.3 is 14.9 Å². The zero-order valence-electron chi connectivity index (χ0n) is 11.9. The Morgan fingerprint density at radius 2 is 1.95 bits per heavy atom. The van der Waals surface area contributed by atoms with Gasteiger partial charge in [0.15, 0.2) is 0 Å². The second-order valence-electron chi connectivity index (χ2n) is 5.40. The van der Waals surface area contributed by atoms with E-state index in [-0.39, 0.29) is 5.91 Å². The Hall–Kier alpha value is -1.88. The minimum absolute atomic E-state index is 0.0967. The molecule has 108 valence electrons. The maximum atomic E-state index is 12.3. The number of carbonyl (C=O) groups excluding carboxylic acids is 1. The Morgan fingerprint density at radius 1 is 1.30 bits per heavy atom. The molecule has 0 bridgehead atoms. The third-order valence-corrected chi connectivity index (χ3v) is 3.63. The van der Waals surface area contributed by atoms with Crippen molar-refractivity contribution in [3.8, 4) is 0 Å². The second kappa shape index (κ2) is 6.05. The van der Waals surface area contributed by atoms with Crippen LogP contribution in [0.3, 0.4) is 0 Å². The first kappa shape index (κ1) is 14.5. The van der Waals surface area contributed by atoms with Gasteiger partial charge in [-0.15, -0.1) is 0 Å². The van der Waals surface area contributed by atoms with Crippen molar-refractivity contribution in [2.75, 3.05) is 20.6 Å². The molecule has 2 rings (SSSR count). The van der Waals surface area contributed by atoms with Crippen LogP contribution in [0.5, 0.6) is 0 Å². The van der Waals surface area contributed by atoms with Crippen molar-refractivity contribution in [1.29, 1.82) is 0 Å². The highest BCUT2D eigenvalue weighted by Gasteiger charge is 2.33. The average Bonchev–Trinajstić information content (AvgIpc) is 2.43. The molecule has 0 fully saturated rings. The maximum Gasteiger partial charge on any atom is 0.326 e. The van der Waals surface area contributed by atoms with E-state index in [0.29, 0.717) is 25.9 Å². The van der Waals surface area contributed by atoms with Crippen LogP contribution < -0.4 is 0 Å². The molecule has 0 spiro atoms. The second-order valence-corrected chi connectivity index (χ2v) is 5.40. The van der Waals surface area contributed by atoms with E-state index < -0.39 is 12.0 Å². The predicted octanol–water partition coefficient (Wildman–Crippen LogP) is 0.976. The molecule has 1 aromatic rings. The summed E-state index contributed by atoms with van der Waals surface area (Å²) in [4.78, 5) is 27.1. The van der Waals surface area contributed by atoms with Gasteiger partial charge in [-0.05, 0) is 25.2 Å². The monoisotopic (exact) mass is 276 g/mol. The van der Waals surface area contributed by atoms with Crippen molar-refractivity contribution in [3.63, 3.8) is 0 Å². The Kier molecular flexibility index (Phi) is 4.39. The van der Waals surface area contributed by atoms with E-state index in [4.69, 9.17) is 0 Å². The van der Waals surface area contributed by atoms with Crippen LogP contribution in [-0.4, -0.2) is 53.5 Å². The number of hydrogen-bond donors (Lipinski definition) is 1. The summed E-state index contributed by atoms with van der Waals surface area (Å²) in [6.07, 6.45) is 0.734. The number of carboxylic acids is 1. The summed E-state index contributed by atoms with van der Waals surface area (Å²) in [6, 6.07) is 6.97. The molecule has 1 N–H and O–H groups in total. The van der Waals surface area contributed by atoms with Crippen molar-refractivity contribution >= 4 is 11.9 Å². The van der Waals surface area contributed by atoms with Gasteiger partial charge >= 0.3 is 5.97 Å². The molecular weight excluding hydrogens is 256 g/mol. The first-order valence-electron chi connectivity index (χ1n) is 6.73. The van der Waals surface area contributed by atoms with Crippen molar-refractivity contribution in [2.24, 2.45) is 0 Å². The van der Waals surface area contributed by atoms with Crippen molar-refractivity contribution in [3.05, 3.63) is 35.4 Å². The molecule has 1 aliphatic rings. The highest BCUT2D eigenvalue weighted by atomic mass is 16.4. The van der Waals surface area contributed by atoms with Gasteiger partial charge in [0, 0.05) is 25.9 Å². The van der Waals surface area contributed by atoms with Gasteiger partial charge in [0.1, 0.15) is 6.04 Å². The molecule has 5 heteroatoms. The zero-order chi connectivity index (χ0) is 14.7. The largest absolute Gasteiger partial charge is 0.480 e. The first-order chi connectivity index (χ1) is 9.49. The van der Waals surface area contributed by atoms with E-state index >= 15 is 0 Å². The summed E-state index contributed by atoms with van der Waals surface area (Å²) in [6.45, 7) is 1.02. The highest BCUT2D eigenvalue weighted by molar-refractivity contribution is 5.84. The predicted molar refractivity (Wildman–Crippen MR) is 75.3 cm³/mol. The summed E-state index contributed by atoms with van der Waals surface area (Å²) >= 11 is 0. The van der Waals surface area contributed by atoms with Crippen LogP contribution in [-0.2, 0) is 22.6 Å². The van der Waals surface area contributed by atoms with Crippen molar-refractivity contribution in [1.82, 2.24) is 9.80 Å². The number of amides is 1. The van der Waals surface area contributed by atoms with E-state index in [1.165, 1.54) is 4.90 Å². The van der Waals surface area contributed by atoms with Crippen LogP contribution in [0.4, 0.5) is 0 Å². The van der Waals surface area contributed by atoms with E-state index in [9.17, 15) is 14.7 Å². The summed E-state index contributed by atoms with van der Waals surface area (Å²) in [5.41, 5.74) is 2.07. The number of benzene rings is 1. The molecule has 1 aliphatic heterocycles. The van der Waals surface area contributed by atoms with Gasteiger partial charge in [-0.3, -0.25) is 4.79 Å². The quantitative estimate of drug-likeness (QED) is 0.890. The van der Waals surface area contributed by atoms with Gasteiger partial charge in [-0.1, -0.05) is 24.3 Å². The van der Waals surface area contributed by atoms with E-state index in [0.717, 1.165) is 11.1 Å². The molecule has 0 saturated carbocycles. The van der Waals surface area contributed by atoms with E-state index in [2.05, 4.69) is 0 Å². The Morgan fingerprint density at radius 3 is 2.55 bits per heavy atom. The van der Waals surface area contributed by atoms with Crippen LogP contribution in [0.1, 0.15) is 17.5 Å². The molecule has 0 unspecified atom stereocenters. The molecular formula is C15H20N2O3. The lowest BCUT2D eigenvalue weighted by molar-refractivity contribution is -0.151. The molecule has 1 heterocycles. The Labute approximate surface area is 118 Å². The number of hydrogen-bond acceptors (Lipinski definition) is 3. The Balaban J connectivity index is 2.18. The van der Waals surface area contributed by atoms with Crippen LogP contribution >= 0.6 is 0 Å². The first-order valence-corrected chi connectivity index (χ1v) is 6.73. The lowest BCUT2D eigenvalue weighted by Gasteiger charge is -2.34. The van der Waals surface area contributed by atoms with Crippen LogP contribution in [0.25, 0.3) is 0 Å². The smallest absolute Gasteiger partial charge is 0.326 e. The van der Waals surface area contributed by atoms with Crippen LogP contribution in [0.15, 0.2) is 24.3 Å². The lowest BCUT2D eigenvalue weighted by atomic mass is 9.93. The topological polar surface area (TPSA) is 60.9 Å². The molecule has 0 aromatic heterocycles. The number of carbonyl (C=O) groups is 2. The molecule has 1 amide bonds. The molecule has 5 nitrogen and oxygen atoms in total. The fourth-order valence-corrected chi connectivity index (χ4v) is 2.47. The molecule has 1 aromatic carbocycles. The fraction of sp³-hybridized carbons (Fsp3) is 0.467. The minimum atomic E-state index is -0.933.